The Kier molecular flexibility index (Phi) is 55.4. The molecule has 0 saturated carbocycles. The van der Waals surface area contributed by atoms with Crippen LogP contribution in [0.5, 0.6) is 0 Å². The van der Waals surface area contributed by atoms with Crippen LogP contribution in [-0.2, 0) is 52.0 Å². The highest BCUT2D eigenvalue weighted by Gasteiger charge is 2.49. The van der Waals surface area contributed by atoms with E-state index in [2.05, 4.69) is 59.1 Å². The van der Waals surface area contributed by atoms with Gasteiger partial charge >= 0.3 is 25.7 Å². The molecule has 87 heavy (non-hydrogen) atoms. The number of aliphatic hydroxyl groups is 2. The number of carboxylic acid groups (broad SMARTS) is 1. The van der Waals surface area contributed by atoms with Crippen LogP contribution in [0.1, 0.15) is 318 Å². The highest BCUT2D eigenvalue weighted by molar-refractivity contribution is 7.46. The van der Waals surface area contributed by atoms with Gasteiger partial charge in [0.15, 0.2) is 0 Å². The minimum Gasteiger partial charge on any atom is -0.548 e. The number of carboxylic acids is 1. The van der Waals surface area contributed by atoms with Gasteiger partial charge < -0.3 is 59.1 Å². The number of esters is 3. The zero-order valence-electron chi connectivity index (χ0n) is 56.0. The van der Waals surface area contributed by atoms with Gasteiger partial charge in [0.25, 0.3) is 0 Å². The first-order valence-corrected chi connectivity index (χ1v) is 36.8. The summed E-state index contributed by atoms with van der Waals surface area (Å²) in [4.78, 5) is 87.5. The van der Waals surface area contributed by atoms with Crippen molar-refractivity contribution in [3.63, 3.8) is 0 Å². The molecule has 0 unspecified atom stereocenters. The summed E-state index contributed by atoms with van der Waals surface area (Å²) in [6.07, 6.45) is 30.0. The molecule has 19 nitrogen and oxygen atoms in total. The van der Waals surface area contributed by atoms with Gasteiger partial charge in [-0.1, -0.05) is 233 Å². The Labute approximate surface area is 528 Å². The molecule has 1 aliphatic heterocycles. The first-order valence-electron chi connectivity index (χ1n) is 35.3. The topological polar surface area (TPSA) is 281 Å². The van der Waals surface area contributed by atoms with Crippen LogP contribution < -0.4 is 20.6 Å². The van der Waals surface area contributed by atoms with E-state index >= 15 is 0 Å². The lowest BCUT2D eigenvalue weighted by atomic mass is 9.95. The average Bonchev–Trinajstić information content (AvgIpc) is 1.13. The molecule has 0 aromatic rings. The van der Waals surface area contributed by atoms with E-state index in [1.807, 2.05) is 0 Å². The molecular weight excluding hydrogens is 1130 g/mol. The van der Waals surface area contributed by atoms with Crippen molar-refractivity contribution in [1.82, 2.24) is 10.6 Å². The fraction of sp³-hybridized carbons (Fsp3) is 0.925. The monoisotopic (exact) mass is 1260 g/mol. The smallest absolute Gasteiger partial charge is 0.470 e. The predicted octanol–water partition coefficient (Wildman–Crippen LogP) is 11.5. The second-order valence-corrected chi connectivity index (χ2v) is 25.7. The molecule has 1 amide bonds. The van der Waals surface area contributed by atoms with Crippen molar-refractivity contribution in [3.05, 3.63) is 0 Å². The molecular formula is C67H130N3O16P. The van der Waals surface area contributed by atoms with Gasteiger partial charge in [-0.2, -0.15) is 0 Å². The number of carbonyl (C=O) groups is 5. The van der Waals surface area contributed by atoms with Gasteiger partial charge in [-0.3, -0.25) is 29.0 Å². The number of amides is 1. The number of rotatable bonds is 58. The van der Waals surface area contributed by atoms with Gasteiger partial charge in [-0.25, -0.2) is 4.57 Å². The van der Waals surface area contributed by atoms with E-state index < -0.39 is 99.7 Å². The van der Waals surface area contributed by atoms with Crippen LogP contribution in [0.2, 0.25) is 0 Å². The molecule has 1 saturated heterocycles. The van der Waals surface area contributed by atoms with Crippen LogP contribution in [0.15, 0.2) is 0 Å². The van der Waals surface area contributed by atoms with E-state index in [1.54, 1.807) is 4.90 Å². The fourth-order valence-electron chi connectivity index (χ4n) is 11.1. The normalized spacial score (nSPS) is 17.9. The molecule has 0 spiro atoms. The number of phosphoric ester groups is 1. The van der Waals surface area contributed by atoms with E-state index in [9.17, 15) is 53.6 Å². The van der Waals surface area contributed by atoms with Crippen molar-refractivity contribution in [2.24, 2.45) is 0 Å². The summed E-state index contributed by atoms with van der Waals surface area (Å²) < 4.78 is 40.0. The Hall–Kier alpha value is -2.74. The average molecular weight is 1260 g/mol. The van der Waals surface area contributed by atoms with Crippen LogP contribution in [0, 0.1) is 0 Å². The standard InChI is InChI=1S/C61H115N2O16P.C6H15N/c1-5-9-13-17-21-25-29-33-37-41-49(76-54(66)43-39-35-31-27-23-19-15-11-7-3)45-53(65)63-57-58(69)59(79-80(72,73)74)52(47-64)78-60(57)62-51(61(70)71)48-75-56(68)46-50(42-38-34-30-26-22-18-14-10-6-2)77-55(67)44-40-36-32-28-24-20-16-12-8-4;1-4-7(5-2)6-3/h49-52,57-60,62,64,69H,5-48H2,1-4H3,(H,63,65)(H,70,71)(H2,72,73,74);4-6H2,1-3H3/t49-,50-,51+,52-,57-,58-,59-,60-;/m1./s1. The number of phosphoric acid groups is 1. The third-order valence-corrected chi connectivity index (χ3v) is 17.2. The van der Waals surface area contributed by atoms with Crippen molar-refractivity contribution in [2.45, 2.75) is 367 Å². The van der Waals surface area contributed by atoms with Gasteiger partial charge in [0.2, 0.25) is 5.91 Å². The Bertz CT molecular complexity index is 1720. The number of ether oxygens (including phenoxy) is 4. The van der Waals surface area contributed by atoms with Gasteiger partial charge in [-0.15, -0.1) is 0 Å². The number of carbonyl (C=O) groups excluding carboxylic acids is 5. The number of quaternary nitrogens is 1. The first-order chi connectivity index (χ1) is 41.9. The van der Waals surface area contributed by atoms with E-state index in [1.165, 1.54) is 129 Å². The summed E-state index contributed by atoms with van der Waals surface area (Å²) in [6, 6.07) is -3.53. The van der Waals surface area contributed by atoms with Crippen molar-refractivity contribution in [1.29, 1.82) is 0 Å². The zero-order chi connectivity index (χ0) is 64.8. The molecule has 0 aromatic carbocycles. The maximum absolute atomic E-state index is 14.0. The van der Waals surface area contributed by atoms with E-state index in [0.29, 0.717) is 38.5 Å². The molecule has 514 valence electrons. The Balaban J connectivity index is 0.00000989. The Morgan fingerprint density at radius 1 is 0.529 bits per heavy atom. The fourth-order valence-corrected chi connectivity index (χ4v) is 11.7. The van der Waals surface area contributed by atoms with Crippen LogP contribution in [0.25, 0.3) is 0 Å². The predicted molar refractivity (Wildman–Crippen MR) is 342 cm³/mol. The second kappa shape index (κ2) is 57.2. The van der Waals surface area contributed by atoms with E-state index in [0.717, 1.165) is 96.3 Å². The number of hydrogen-bond donors (Lipinski definition) is 7. The minimum atomic E-state index is -5.34. The van der Waals surface area contributed by atoms with Gasteiger partial charge in [0, 0.05) is 12.8 Å². The molecule has 1 heterocycles. The second-order valence-electron chi connectivity index (χ2n) is 24.5. The van der Waals surface area contributed by atoms with Crippen LogP contribution >= 0.6 is 7.82 Å². The summed E-state index contributed by atoms with van der Waals surface area (Å²) in [6.45, 7) is 17.4. The third-order valence-electron chi connectivity index (χ3n) is 16.7. The van der Waals surface area contributed by atoms with E-state index in [4.69, 9.17) is 23.5 Å². The summed E-state index contributed by atoms with van der Waals surface area (Å²) in [5, 5.41) is 39.7. The molecule has 0 aromatic heterocycles. The van der Waals surface area contributed by atoms with Crippen molar-refractivity contribution in [2.75, 3.05) is 32.8 Å². The maximum atomic E-state index is 14.0. The number of aliphatic carboxylic acids is 1. The van der Waals surface area contributed by atoms with Crippen molar-refractivity contribution < 1.29 is 82.0 Å². The molecule has 20 heteroatoms. The number of aliphatic hydroxyl groups excluding tert-OH is 2. The maximum Gasteiger partial charge on any atom is 0.470 e. The third kappa shape index (κ3) is 47.8. The molecule has 0 radical (unpaired) electrons. The Morgan fingerprint density at radius 3 is 1.22 bits per heavy atom. The molecule has 1 aliphatic rings. The summed E-state index contributed by atoms with van der Waals surface area (Å²) in [7, 11) is -5.34. The minimum absolute atomic E-state index is 0.177. The number of hydrogen-bond acceptors (Lipinski definition) is 15. The molecule has 7 N–H and O–H groups in total. The van der Waals surface area contributed by atoms with Crippen molar-refractivity contribution in [3.8, 4) is 0 Å². The lowest BCUT2D eigenvalue weighted by molar-refractivity contribution is -0.894. The Morgan fingerprint density at radius 2 is 0.885 bits per heavy atom. The first kappa shape index (κ1) is 84.3. The molecule has 8 atom stereocenters. The van der Waals surface area contributed by atoms with Gasteiger partial charge in [-0.05, 0) is 59.3 Å². The highest BCUT2D eigenvalue weighted by Crippen LogP contribution is 2.41. The van der Waals surface area contributed by atoms with Crippen molar-refractivity contribution >= 4 is 37.6 Å². The summed E-state index contributed by atoms with van der Waals surface area (Å²) in [5.74, 6) is -4.25. The highest BCUT2D eigenvalue weighted by atomic mass is 31.2. The molecule has 0 bridgehead atoms. The van der Waals surface area contributed by atoms with Crippen LogP contribution in [-0.4, -0.2) is 131 Å². The zero-order valence-corrected chi connectivity index (χ0v) is 56.9. The molecule has 0 aliphatic carbocycles. The van der Waals surface area contributed by atoms with E-state index in [-0.39, 0.29) is 25.7 Å². The number of unbranched alkanes of at least 4 members (excludes halogenated alkanes) is 32. The summed E-state index contributed by atoms with van der Waals surface area (Å²) >= 11 is 0. The lowest BCUT2D eigenvalue weighted by Gasteiger charge is -2.45. The van der Waals surface area contributed by atoms with Crippen LogP contribution in [0.3, 0.4) is 0 Å². The van der Waals surface area contributed by atoms with Crippen LogP contribution in [0.4, 0.5) is 0 Å². The quantitative estimate of drug-likeness (QED) is 0.0129. The molecule has 1 fully saturated rings. The van der Waals surface area contributed by atoms with Gasteiger partial charge in [0.1, 0.15) is 43.4 Å². The SMILES string of the molecule is CCCCCCCCCCCC(=O)O[C@H](CCCCCCCCCCC)CC(=O)N[C@@H]1[C@@H](O)[C@H](OP(=O)(O)O)[C@@H](CO)O[C@H]1N[C@@H](COC(=O)C[C@@H](CCCCCCCCCCC)OC(=O)CCCCCCCCCCC)C(=O)[O-].CC[NH+](CC)CC. The number of nitrogens with one attached hydrogen (secondary N) is 3. The largest absolute Gasteiger partial charge is 0.548 e. The van der Waals surface area contributed by atoms with Gasteiger partial charge in [0.05, 0.1) is 57.1 Å². The molecule has 1 rings (SSSR count). The summed E-state index contributed by atoms with van der Waals surface area (Å²) in [5.41, 5.74) is 0. The lowest BCUT2D eigenvalue weighted by Crippen LogP contribution is -3.11.